The topological polar surface area (TPSA) is 50.4 Å². The Morgan fingerprint density at radius 1 is 0.952 bits per heavy atom. The fraction of sp³-hybridized carbons (Fsp3) is 0.0625. The number of para-hydroxylation sites is 2. The van der Waals surface area contributed by atoms with E-state index in [0.29, 0.717) is 22.2 Å². The number of rotatable bonds is 1. The van der Waals surface area contributed by atoms with Gasteiger partial charge in [-0.2, -0.15) is 0 Å². The molecule has 4 rings (SSSR count). The van der Waals surface area contributed by atoms with E-state index in [4.69, 9.17) is 16.3 Å². The molecule has 0 fully saturated rings. The Balaban J connectivity index is 1.69. The molecule has 0 saturated carbocycles. The van der Waals surface area contributed by atoms with Gasteiger partial charge in [-0.3, -0.25) is 4.79 Å². The van der Waals surface area contributed by atoms with Crippen LogP contribution in [-0.2, 0) is 9.53 Å². The Labute approximate surface area is 126 Å². The largest absolute Gasteiger partial charge is 0.461 e. The van der Waals surface area contributed by atoms with E-state index in [1.54, 1.807) is 12.1 Å². The molecule has 0 saturated heterocycles. The maximum absolute atomic E-state index is 12.6. The lowest BCUT2D eigenvalue weighted by molar-refractivity contribution is -0.121. The van der Waals surface area contributed by atoms with E-state index in [1.165, 1.54) is 0 Å². The third-order valence-electron chi connectivity index (χ3n) is 3.57. The van der Waals surface area contributed by atoms with Crippen molar-refractivity contribution in [2.24, 2.45) is 0 Å². The summed E-state index contributed by atoms with van der Waals surface area (Å²) in [6.45, 7) is 0. The number of benzene rings is 2. The van der Waals surface area contributed by atoms with Crippen LogP contribution in [0.25, 0.3) is 0 Å². The monoisotopic (exact) mass is 298 g/mol. The number of hydrogen-bond acceptors (Lipinski definition) is 4. The predicted molar refractivity (Wildman–Crippen MR) is 81.0 cm³/mol. The highest BCUT2D eigenvalue weighted by Gasteiger charge is 2.39. The van der Waals surface area contributed by atoms with E-state index in [9.17, 15) is 4.79 Å². The summed E-state index contributed by atoms with van der Waals surface area (Å²) in [6, 6.07) is 14.9. The Morgan fingerprint density at radius 3 is 2.38 bits per heavy atom. The summed E-state index contributed by atoms with van der Waals surface area (Å²) in [5.41, 5.74) is 2.85. The van der Waals surface area contributed by atoms with Crippen LogP contribution in [0.4, 0.5) is 11.4 Å². The van der Waals surface area contributed by atoms with Crippen molar-refractivity contribution in [1.82, 2.24) is 0 Å². The van der Waals surface area contributed by atoms with Crippen LogP contribution in [0.5, 0.6) is 0 Å². The molecule has 2 heterocycles. The van der Waals surface area contributed by atoms with Crippen molar-refractivity contribution in [3.63, 3.8) is 0 Å². The average molecular weight is 299 g/mol. The highest BCUT2D eigenvalue weighted by molar-refractivity contribution is 6.31. The molecule has 2 N–H and O–H groups in total. The molecule has 0 aliphatic carbocycles. The fourth-order valence-electron chi connectivity index (χ4n) is 2.53. The molecule has 1 atom stereocenters. The van der Waals surface area contributed by atoms with E-state index >= 15 is 0 Å². The number of halogens is 1. The second-order valence-corrected chi connectivity index (χ2v) is 5.29. The first kappa shape index (κ1) is 12.3. The van der Waals surface area contributed by atoms with E-state index in [-0.39, 0.29) is 5.78 Å². The number of ketones is 1. The third-order valence-corrected chi connectivity index (χ3v) is 3.91. The summed E-state index contributed by atoms with van der Waals surface area (Å²) in [4.78, 5) is 12.6. The standard InChI is InChI=1S/C16H11ClN2O2/c17-10-6-2-1-5-9(10)15-14(20)13-16(21-15)19-12-8-4-3-7-11(12)18-13/h1-8,15,18-19H/t15-/m0/s1. The van der Waals surface area contributed by atoms with Crippen molar-refractivity contribution in [1.29, 1.82) is 0 Å². The van der Waals surface area contributed by atoms with Crippen LogP contribution in [0.2, 0.25) is 5.02 Å². The summed E-state index contributed by atoms with van der Waals surface area (Å²) in [7, 11) is 0. The summed E-state index contributed by atoms with van der Waals surface area (Å²) in [5.74, 6) is 0.323. The summed E-state index contributed by atoms with van der Waals surface area (Å²) < 4.78 is 5.77. The van der Waals surface area contributed by atoms with Crippen LogP contribution in [-0.4, -0.2) is 5.78 Å². The fourth-order valence-corrected chi connectivity index (χ4v) is 2.77. The van der Waals surface area contributed by atoms with Crippen LogP contribution < -0.4 is 10.6 Å². The van der Waals surface area contributed by atoms with Crippen LogP contribution >= 0.6 is 11.6 Å². The molecule has 0 amide bonds. The van der Waals surface area contributed by atoms with Crippen LogP contribution in [0.1, 0.15) is 11.7 Å². The van der Waals surface area contributed by atoms with Gasteiger partial charge in [0.05, 0.1) is 11.4 Å². The molecular formula is C16H11ClN2O2. The zero-order chi connectivity index (χ0) is 14.4. The zero-order valence-electron chi connectivity index (χ0n) is 10.9. The Hall–Kier alpha value is -2.46. The highest BCUT2D eigenvalue weighted by atomic mass is 35.5. The van der Waals surface area contributed by atoms with Gasteiger partial charge in [-0.25, -0.2) is 0 Å². The van der Waals surface area contributed by atoms with E-state index in [0.717, 1.165) is 11.4 Å². The van der Waals surface area contributed by atoms with Gasteiger partial charge in [-0.1, -0.05) is 41.9 Å². The van der Waals surface area contributed by atoms with Crippen LogP contribution in [0.15, 0.2) is 60.1 Å². The molecule has 0 spiro atoms. The third kappa shape index (κ3) is 1.87. The number of Topliss-reactive ketones (excluding diaryl/α,β-unsaturated/α-hetero) is 1. The Bertz CT molecular complexity index is 785. The Kier molecular flexibility index (Phi) is 2.65. The lowest BCUT2D eigenvalue weighted by atomic mass is 10.0. The number of carbonyl (C=O) groups is 1. The first-order valence-electron chi connectivity index (χ1n) is 6.56. The average Bonchev–Trinajstić information content (AvgIpc) is 2.82. The molecular weight excluding hydrogens is 288 g/mol. The lowest BCUT2D eigenvalue weighted by Crippen LogP contribution is -2.18. The molecule has 104 valence electrons. The van der Waals surface area contributed by atoms with E-state index in [1.807, 2.05) is 36.4 Å². The molecule has 4 nitrogen and oxygen atoms in total. The number of ether oxygens (including phenoxy) is 1. The number of nitrogens with one attached hydrogen (secondary N) is 2. The Morgan fingerprint density at radius 2 is 1.62 bits per heavy atom. The van der Waals surface area contributed by atoms with Gasteiger partial charge in [-0.05, 0) is 18.2 Å². The van der Waals surface area contributed by atoms with Gasteiger partial charge in [0.2, 0.25) is 11.7 Å². The molecule has 0 aromatic heterocycles. The van der Waals surface area contributed by atoms with Crippen molar-refractivity contribution >= 4 is 28.8 Å². The molecule has 0 bridgehead atoms. The maximum atomic E-state index is 12.6. The van der Waals surface area contributed by atoms with E-state index in [2.05, 4.69) is 10.6 Å². The molecule has 2 aliphatic heterocycles. The number of fused-ring (bicyclic) bond motifs is 1. The van der Waals surface area contributed by atoms with Gasteiger partial charge in [-0.15, -0.1) is 0 Å². The quantitative estimate of drug-likeness (QED) is 0.843. The maximum Gasteiger partial charge on any atom is 0.229 e. The second kappa shape index (κ2) is 4.53. The minimum Gasteiger partial charge on any atom is -0.461 e. The van der Waals surface area contributed by atoms with Crippen LogP contribution in [0, 0.1) is 0 Å². The molecule has 2 aromatic rings. The predicted octanol–water partition coefficient (Wildman–Crippen LogP) is 3.69. The van der Waals surface area contributed by atoms with Crippen molar-refractivity contribution < 1.29 is 9.53 Å². The molecule has 0 unspecified atom stereocenters. The lowest BCUT2D eigenvalue weighted by Gasteiger charge is -2.19. The minimum atomic E-state index is -0.710. The first-order valence-corrected chi connectivity index (χ1v) is 6.94. The van der Waals surface area contributed by atoms with E-state index < -0.39 is 6.10 Å². The SMILES string of the molecule is O=C1C2=C(Nc3ccccc3N2)O[C@H]1c1ccccc1Cl. The summed E-state index contributed by atoms with van der Waals surface area (Å²) in [5, 5.41) is 6.79. The highest BCUT2D eigenvalue weighted by Crippen LogP contribution is 2.40. The van der Waals surface area contributed by atoms with Gasteiger partial charge in [0, 0.05) is 10.6 Å². The second-order valence-electron chi connectivity index (χ2n) is 4.88. The molecule has 2 aromatic carbocycles. The van der Waals surface area contributed by atoms with Gasteiger partial charge in [0.1, 0.15) is 5.70 Å². The minimum absolute atomic E-state index is 0.125. The van der Waals surface area contributed by atoms with Gasteiger partial charge in [0.15, 0.2) is 6.10 Å². The first-order chi connectivity index (χ1) is 10.2. The number of carbonyl (C=O) groups excluding carboxylic acids is 1. The molecule has 5 heteroatoms. The molecule has 2 aliphatic rings. The van der Waals surface area contributed by atoms with Crippen molar-refractivity contribution in [3.8, 4) is 0 Å². The smallest absolute Gasteiger partial charge is 0.229 e. The van der Waals surface area contributed by atoms with Gasteiger partial charge < -0.3 is 15.4 Å². The summed E-state index contributed by atoms with van der Waals surface area (Å²) >= 11 is 6.16. The van der Waals surface area contributed by atoms with Crippen molar-refractivity contribution in [2.75, 3.05) is 10.6 Å². The van der Waals surface area contributed by atoms with Crippen molar-refractivity contribution in [3.05, 3.63) is 70.7 Å². The van der Waals surface area contributed by atoms with Crippen molar-refractivity contribution in [2.45, 2.75) is 6.10 Å². The zero-order valence-corrected chi connectivity index (χ0v) is 11.6. The molecule has 21 heavy (non-hydrogen) atoms. The molecule has 0 radical (unpaired) electrons. The normalized spacial score (nSPS) is 19.3. The summed E-state index contributed by atoms with van der Waals surface area (Å²) in [6.07, 6.45) is -0.710. The number of anilines is 2. The van der Waals surface area contributed by atoms with Gasteiger partial charge >= 0.3 is 0 Å². The van der Waals surface area contributed by atoms with Gasteiger partial charge in [0.25, 0.3) is 0 Å². The number of hydrogen-bond donors (Lipinski definition) is 2. The van der Waals surface area contributed by atoms with Crippen LogP contribution in [0.3, 0.4) is 0 Å².